The lowest BCUT2D eigenvalue weighted by Crippen LogP contribution is -2.29. The highest BCUT2D eigenvalue weighted by atomic mass is 16.4. The number of terminal acetylenes is 1. The maximum atomic E-state index is 11.5. The first-order valence-corrected chi connectivity index (χ1v) is 6.15. The van der Waals surface area contributed by atoms with E-state index in [1.165, 1.54) is 6.07 Å². The molecule has 1 unspecified atom stereocenters. The van der Waals surface area contributed by atoms with Gasteiger partial charge in [0.1, 0.15) is 11.9 Å². The van der Waals surface area contributed by atoms with E-state index in [0.29, 0.717) is 10.9 Å². The molecule has 1 amide bonds. The Morgan fingerprint density at radius 3 is 2.76 bits per heavy atom. The zero-order valence-electron chi connectivity index (χ0n) is 11.0. The lowest BCUT2D eigenvalue weighted by atomic mass is 10.1. The highest BCUT2D eigenvalue weighted by Gasteiger charge is 2.18. The van der Waals surface area contributed by atoms with E-state index in [0.717, 1.165) is 0 Å². The fourth-order valence-electron chi connectivity index (χ4n) is 1.95. The van der Waals surface area contributed by atoms with Gasteiger partial charge < -0.3 is 16.2 Å². The molecule has 2 rings (SSSR count). The van der Waals surface area contributed by atoms with Crippen LogP contribution in [-0.2, 0) is 4.79 Å². The summed E-state index contributed by atoms with van der Waals surface area (Å²) in [5.41, 5.74) is 6.17. The zero-order valence-corrected chi connectivity index (χ0v) is 11.0. The average Bonchev–Trinajstić information content (AvgIpc) is 2.45. The number of rotatable bonds is 5. The fourth-order valence-corrected chi connectivity index (χ4v) is 1.95. The summed E-state index contributed by atoms with van der Waals surface area (Å²) in [7, 11) is 0. The van der Waals surface area contributed by atoms with Gasteiger partial charge in [-0.1, -0.05) is 18.2 Å². The number of hydrogen-bond acceptors (Lipinski definition) is 4. The number of carboxylic acid groups (broad SMARTS) is 1. The first-order valence-electron chi connectivity index (χ1n) is 6.15. The molecule has 0 saturated heterocycles. The van der Waals surface area contributed by atoms with E-state index in [1.54, 1.807) is 24.3 Å². The first kappa shape index (κ1) is 14.3. The van der Waals surface area contributed by atoms with Crippen LogP contribution in [0.4, 0.5) is 5.82 Å². The van der Waals surface area contributed by atoms with E-state index < -0.39 is 17.9 Å². The van der Waals surface area contributed by atoms with Gasteiger partial charge in [0, 0.05) is 11.8 Å². The molecular formula is C15H13N3O3. The molecule has 6 nitrogen and oxygen atoms in total. The number of nitrogens with zero attached hydrogens (tertiary/aromatic N) is 1. The summed E-state index contributed by atoms with van der Waals surface area (Å²) in [6.07, 6.45) is 5.14. The van der Waals surface area contributed by atoms with Crippen LogP contribution >= 0.6 is 0 Å². The Kier molecular flexibility index (Phi) is 4.05. The fraction of sp³-hybridized carbons (Fsp3) is 0.133. The van der Waals surface area contributed by atoms with Crippen molar-refractivity contribution < 1.29 is 14.7 Å². The maximum Gasteiger partial charge on any atom is 0.327 e. The molecule has 1 atom stereocenters. The minimum Gasteiger partial charge on any atom is -0.480 e. The maximum absolute atomic E-state index is 11.5. The first-order chi connectivity index (χ1) is 10.0. The molecule has 1 heterocycles. The van der Waals surface area contributed by atoms with E-state index in [4.69, 9.17) is 17.3 Å². The third-order valence-electron chi connectivity index (χ3n) is 2.92. The molecule has 0 aliphatic heterocycles. The third kappa shape index (κ3) is 3.09. The number of primary amides is 1. The van der Waals surface area contributed by atoms with Gasteiger partial charge in [0.25, 0.3) is 0 Å². The number of anilines is 1. The van der Waals surface area contributed by atoms with Crippen molar-refractivity contribution in [2.24, 2.45) is 5.73 Å². The van der Waals surface area contributed by atoms with Crippen LogP contribution in [0.25, 0.3) is 10.9 Å². The monoisotopic (exact) mass is 283 g/mol. The Morgan fingerprint density at radius 2 is 2.14 bits per heavy atom. The molecule has 0 spiro atoms. The third-order valence-corrected chi connectivity index (χ3v) is 2.92. The lowest BCUT2D eigenvalue weighted by molar-refractivity contribution is -0.137. The number of nitrogens with two attached hydrogens (primary N) is 1. The predicted molar refractivity (Wildman–Crippen MR) is 78.8 cm³/mol. The normalized spacial score (nSPS) is 11.6. The molecule has 4 N–H and O–H groups in total. The number of aliphatic carboxylic acids is 1. The molecule has 0 aliphatic carbocycles. The van der Waals surface area contributed by atoms with E-state index in [9.17, 15) is 9.59 Å². The number of amides is 1. The predicted octanol–water partition coefficient (Wildman–Crippen LogP) is 1.22. The van der Waals surface area contributed by atoms with Gasteiger partial charge in [-0.15, -0.1) is 12.3 Å². The number of fused-ring (bicyclic) bond motifs is 1. The number of benzene rings is 1. The largest absolute Gasteiger partial charge is 0.480 e. The second-order valence-corrected chi connectivity index (χ2v) is 4.38. The second kappa shape index (κ2) is 5.92. The molecule has 1 aromatic heterocycles. The van der Waals surface area contributed by atoms with Crippen molar-refractivity contribution in [2.45, 2.75) is 12.5 Å². The van der Waals surface area contributed by atoms with Gasteiger partial charge in [0.2, 0.25) is 5.91 Å². The molecule has 1 aromatic carbocycles. The number of nitrogens with one attached hydrogen (secondary N) is 1. The van der Waals surface area contributed by atoms with Crippen molar-refractivity contribution in [3.8, 4) is 12.3 Å². The minimum absolute atomic E-state index is 0.00422. The van der Waals surface area contributed by atoms with Crippen molar-refractivity contribution in [1.82, 2.24) is 4.98 Å². The smallest absolute Gasteiger partial charge is 0.327 e. The van der Waals surface area contributed by atoms with Crippen molar-refractivity contribution in [3.63, 3.8) is 0 Å². The Hall–Kier alpha value is -3.07. The quantitative estimate of drug-likeness (QED) is 0.715. The van der Waals surface area contributed by atoms with E-state index >= 15 is 0 Å². The van der Waals surface area contributed by atoms with Crippen molar-refractivity contribution >= 4 is 28.6 Å². The second-order valence-electron chi connectivity index (χ2n) is 4.38. The molecule has 6 heteroatoms. The summed E-state index contributed by atoms with van der Waals surface area (Å²) < 4.78 is 0. The minimum atomic E-state index is -1.09. The summed E-state index contributed by atoms with van der Waals surface area (Å²) in [4.78, 5) is 26.9. The van der Waals surface area contributed by atoms with Gasteiger partial charge in [-0.25, -0.2) is 9.78 Å². The van der Waals surface area contributed by atoms with Gasteiger partial charge in [-0.05, 0) is 12.1 Å². The molecule has 2 aromatic rings. The number of aromatic nitrogens is 1. The van der Waals surface area contributed by atoms with Gasteiger partial charge >= 0.3 is 5.97 Å². The summed E-state index contributed by atoms with van der Waals surface area (Å²) in [5.74, 6) is 0.817. The molecular weight excluding hydrogens is 270 g/mol. The zero-order chi connectivity index (χ0) is 15.4. The Morgan fingerprint density at radius 1 is 1.43 bits per heavy atom. The molecule has 106 valence electrons. The Labute approximate surface area is 121 Å². The van der Waals surface area contributed by atoms with E-state index in [2.05, 4.69) is 16.2 Å². The van der Waals surface area contributed by atoms with Crippen LogP contribution in [0.15, 0.2) is 30.3 Å². The number of para-hydroxylation sites is 1. The van der Waals surface area contributed by atoms with Crippen LogP contribution in [0.5, 0.6) is 0 Å². The van der Waals surface area contributed by atoms with Crippen LogP contribution in [-0.4, -0.2) is 28.0 Å². The van der Waals surface area contributed by atoms with Crippen LogP contribution in [0.3, 0.4) is 0 Å². The molecule has 0 fully saturated rings. The van der Waals surface area contributed by atoms with Crippen molar-refractivity contribution in [1.29, 1.82) is 0 Å². The number of hydrogen-bond donors (Lipinski definition) is 3. The van der Waals surface area contributed by atoms with Crippen LogP contribution in [0.2, 0.25) is 0 Å². The van der Waals surface area contributed by atoms with Crippen LogP contribution < -0.4 is 11.1 Å². The molecule has 21 heavy (non-hydrogen) atoms. The summed E-state index contributed by atoms with van der Waals surface area (Å²) in [6, 6.07) is 7.41. The topological polar surface area (TPSA) is 105 Å². The van der Waals surface area contributed by atoms with Crippen LogP contribution in [0, 0.1) is 12.3 Å². The Balaban J connectivity index is 2.48. The van der Waals surface area contributed by atoms with Gasteiger partial charge in [-0.2, -0.15) is 0 Å². The number of carbonyl (C=O) groups is 2. The molecule has 0 radical (unpaired) electrons. The van der Waals surface area contributed by atoms with Gasteiger partial charge in [0.05, 0.1) is 11.1 Å². The Bertz CT molecular complexity index is 749. The highest BCUT2D eigenvalue weighted by molar-refractivity contribution is 6.06. The number of carbonyl (C=O) groups excluding carboxylic acids is 1. The molecule has 0 aliphatic rings. The SMILES string of the molecule is C#CCC(Nc1cc(C(N)=O)c2ccccc2n1)C(=O)O. The summed E-state index contributed by atoms with van der Waals surface area (Å²) >= 11 is 0. The molecule has 0 saturated carbocycles. The van der Waals surface area contributed by atoms with E-state index in [1.807, 2.05) is 0 Å². The highest BCUT2D eigenvalue weighted by Crippen LogP contribution is 2.21. The van der Waals surface area contributed by atoms with Gasteiger partial charge in [0.15, 0.2) is 0 Å². The lowest BCUT2D eigenvalue weighted by Gasteiger charge is -2.14. The summed E-state index contributed by atoms with van der Waals surface area (Å²) in [5, 5.41) is 12.4. The standard InChI is InChI=1S/C15H13N3O3/c1-2-5-12(15(20)21)18-13-8-10(14(16)19)9-6-3-4-7-11(9)17-13/h1,3-4,6-8,12H,5H2,(H2,16,19)(H,17,18)(H,20,21). The number of pyridine rings is 1. The van der Waals surface area contributed by atoms with Crippen LogP contribution in [0.1, 0.15) is 16.8 Å². The van der Waals surface area contributed by atoms with Crippen molar-refractivity contribution in [2.75, 3.05) is 5.32 Å². The van der Waals surface area contributed by atoms with E-state index in [-0.39, 0.29) is 17.8 Å². The van der Waals surface area contributed by atoms with Crippen molar-refractivity contribution in [3.05, 3.63) is 35.9 Å². The number of carboxylic acids is 1. The average molecular weight is 283 g/mol. The van der Waals surface area contributed by atoms with Gasteiger partial charge in [-0.3, -0.25) is 4.79 Å². The summed E-state index contributed by atoms with van der Waals surface area (Å²) in [6.45, 7) is 0. The molecule has 0 bridgehead atoms.